The van der Waals surface area contributed by atoms with Gasteiger partial charge >= 0.3 is 0 Å². The number of aryl methyl sites for hydroxylation is 10. The van der Waals surface area contributed by atoms with Gasteiger partial charge in [-0.2, -0.15) is 0 Å². The lowest BCUT2D eigenvalue weighted by Crippen LogP contribution is -2.03. The highest BCUT2D eigenvalue weighted by Crippen LogP contribution is 2.66. The molecule has 0 saturated carbocycles. The molecule has 14 aromatic carbocycles. The monoisotopic (exact) mass is 1660 g/mol. The molecule has 28 rings (SSSR count). The molecule has 0 radical (unpaired) electrons. The number of rotatable bonds is 6. The van der Waals surface area contributed by atoms with E-state index in [4.69, 9.17) is 9.98 Å². The van der Waals surface area contributed by atoms with Crippen LogP contribution in [0.1, 0.15) is 237 Å². The van der Waals surface area contributed by atoms with Gasteiger partial charge in [0, 0.05) is 24.3 Å². The van der Waals surface area contributed by atoms with Gasteiger partial charge in [-0.05, 0) is 411 Å². The highest BCUT2D eigenvalue weighted by molar-refractivity contribution is 6.39. The fourth-order valence-corrected chi connectivity index (χ4v) is 24.0. The number of para-hydroxylation sites is 2. The summed E-state index contributed by atoms with van der Waals surface area (Å²) < 4.78 is 0. The van der Waals surface area contributed by atoms with Crippen LogP contribution in [0.3, 0.4) is 0 Å². The Kier molecular flexibility index (Phi) is 17.6. The maximum absolute atomic E-state index is 4.83. The highest BCUT2D eigenvalue weighted by Gasteiger charge is 2.46. The van der Waals surface area contributed by atoms with E-state index < -0.39 is 0 Å². The van der Waals surface area contributed by atoms with Gasteiger partial charge in [0.25, 0.3) is 0 Å². The van der Waals surface area contributed by atoms with Crippen LogP contribution < -0.4 is 0 Å². The van der Waals surface area contributed by atoms with Crippen LogP contribution in [0.2, 0.25) is 0 Å². The Morgan fingerprint density at radius 3 is 0.923 bits per heavy atom. The zero-order valence-electron chi connectivity index (χ0n) is 75.9. The van der Waals surface area contributed by atoms with Crippen molar-refractivity contribution in [2.75, 3.05) is 0 Å². The number of aliphatic imine (C=N–C) groups is 2. The summed E-state index contributed by atoms with van der Waals surface area (Å²) in [5.74, 6) is 0.291. The van der Waals surface area contributed by atoms with Crippen molar-refractivity contribution in [3.63, 3.8) is 0 Å². The van der Waals surface area contributed by atoms with Crippen molar-refractivity contribution in [2.24, 2.45) is 9.98 Å². The Hall–Kier alpha value is -14.7. The van der Waals surface area contributed by atoms with E-state index in [0.717, 1.165) is 37.1 Å². The molecule has 0 spiro atoms. The van der Waals surface area contributed by atoms with E-state index >= 15 is 0 Å². The molecule has 0 amide bonds. The van der Waals surface area contributed by atoms with Crippen LogP contribution in [0, 0.1) is 69.2 Å². The molecule has 14 aromatic rings. The van der Waals surface area contributed by atoms with Crippen molar-refractivity contribution in [1.82, 2.24) is 0 Å². The van der Waals surface area contributed by atoms with E-state index in [9.17, 15) is 0 Å². The lowest BCUT2D eigenvalue weighted by atomic mass is 9.84. The maximum Gasteiger partial charge on any atom is 0.0668 e. The minimum atomic E-state index is 0.146. The van der Waals surface area contributed by atoms with Gasteiger partial charge in [-0.15, -0.1) is 0 Å². The van der Waals surface area contributed by atoms with Crippen molar-refractivity contribution in [3.8, 4) is 0 Å². The minimum Gasteiger partial charge on any atom is -0.260 e. The molecule has 0 aromatic heterocycles. The predicted octanol–water partition coefficient (Wildman–Crippen LogP) is 32.0. The molecule has 0 N–H and O–H groups in total. The maximum atomic E-state index is 4.83. The van der Waals surface area contributed by atoms with Crippen molar-refractivity contribution in [1.29, 1.82) is 0 Å². The molecule has 2 heterocycles. The van der Waals surface area contributed by atoms with Crippen LogP contribution in [0.4, 0.5) is 11.4 Å². The molecule has 2 heteroatoms. The molecular weight excluding hydrogens is 1570 g/mol. The van der Waals surface area contributed by atoms with Crippen molar-refractivity contribution in [3.05, 3.63) is 502 Å². The Balaban J connectivity index is 0.0000000950. The minimum absolute atomic E-state index is 0.146. The molecule has 620 valence electrons. The van der Waals surface area contributed by atoms with E-state index in [1.807, 2.05) is 0 Å². The number of nitrogens with zero attached hydrogens (tertiary/aromatic N) is 2. The molecule has 14 aliphatic rings. The molecule has 130 heavy (non-hydrogen) atoms. The van der Waals surface area contributed by atoms with E-state index in [1.165, 1.54) is 312 Å². The third-order valence-corrected chi connectivity index (χ3v) is 30.4. The molecule has 0 saturated heterocycles. The molecule has 0 bridgehead atoms. The van der Waals surface area contributed by atoms with Crippen molar-refractivity contribution < 1.29 is 0 Å². The molecule has 2 aliphatic heterocycles. The number of fused-ring (bicyclic) bond motifs is 26. The van der Waals surface area contributed by atoms with Gasteiger partial charge in [0.2, 0.25) is 0 Å². The first-order chi connectivity index (χ1) is 63.4. The molecule has 2 unspecified atom stereocenters. The summed E-state index contributed by atoms with van der Waals surface area (Å²) in [7, 11) is 0. The largest absolute Gasteiger partial charge is 0.260 e. The molecule has 2 nitrogen and oxygen atoms in total. The zero-order valence-corrected chi connectivity index (χ0v) is 75.9. The average Bonchev–Trinajstić information content (AvgIpc) is 1.55. The predicted molar refractivity (Wildman–Crippen MR) is 552 cm³/mol. The average molecular weight is 1660 g/mol. The van der Waals surface area contributed by atoms with Crippen LogP contribution in [0.15, 0.2) is 300 Å². The fraction of sp³-hybridized carbons (Fsp3) is 0.141. The number of hydrogen-bond acceptors (Lipinski definition) is 2. The van der Waals surface area contributed by atoms with Gasteiger partial charge in [0.1, 0.15) is 0 Å². The Labute approximate surface area is 764 Å². The first kappa shape index (κ1) is 77.6. The van der Waals surface area contributed by atoms with Gasteiger partial charge in [-0.25, -0.2) is 0 Å². The van der Waals surface area contributed by atoms with Gasteiger partial charge in [-0.3, -0.25) is 9.98 Å². The molecule has 12 aliphatic carbocycles. The normalized spacial score (nSPS) is 17.1. The second kappa shape index (κ2) is 29.4. The van der Waals surface area contributed by atoms with E-state index in [1.54, 1.807) is 0 Å². The summed E-state index contributed by atoms with van der Waals surface area (Å²) in [5, 5.41) is 0. The summed E-state index contributed by atoms with van der Waals surface area (Å²) in [6.45, 7) is 26.7. The van der Waals surface area contributed by atoms with Crippen LogP contribution in [0.5, 0.6) is 0 Å². The SMILES string of the molecule is CC1=C2C(=C(C)c3cc(C)c(C)cc32)c2cc(C)c(C)cc21.Cc1ccc2c(c1)C(C1=Cc3ccccc3C1)=C1C2=C(C2=Cc3ccccc3C2)c2cc(C)ccc21.Cc1ccc2c(c1)C(C1C=Nc3ccccc31)=C1C2=C(C2C=Nc3ccccc32)c2cc(C)ccc21.Cc1ccc2c(c1)C(c1ccc3c(c1)C=CC3)=C1C2=C(c2ccc3c(c2)C=CC3)c2cc(C)ccc21. The van der Waals surface area contributed by atoms with E-state index in [0.29, 0.717) is 0 Å². The smallest absolute Gasteiger partial charge is 0.0668 e. The van der Waals surface area contributed by atoms with Crippen LogP contribution in [0.25, 0.3) is 113 Å². The first-order valence-corrected chi connectivity index (χ1v) is 46.6. The van der Waals surface area contributed by atoms with Gasteiger partial charge < -0.3 is 0 Å². The first-order valence-electron chi connectivity index (χ1n) is 46.6. The Morgan fingerprint density at radius 2 is 0.546 bits per heavy atom. The third-order valence-electron chi connectivity index (χ3n) is 30.4. The Morgan fingerprint density at radius 1 is 0.231 bits per heavy atom. The lowest BCUT2D eigenvalue weighted by Gasteiger charge is -2.18. The zero-order chi connectivity index (χ0) is 87.7. The number of hydrogen-bond donors (Lipinski definition) is 0. The highest BCUT2D eigenvalue weighted by atomic mass is 14.8. The quantitative estimate of drug-likeness (QED) is 0.159. The molecule has 0 fully saturated rings. The standard InChI is InChI=1S/2C36H26.C34H24N2.C22H22/c1-21-9-15-29-31(17-21)33(27-13-11-23-5-3-7-25(23)19-27)36-30-16-10-22(2)18-32(30)34(35(29)36)28-14-12-24-6-4-8-26(24)20-28;1-21-11-13-29-31(15-21)33(27-17-23-7-3-4-8-24(23)18-27)36-30-14-12-22(2)16-32(30)34(35(29)36)28-19-25-9-5-6-10-26(25)20-28;1-19-11-13-23-25(15-19)31(27-17-35-29-9-5-3-7-21(27)29)34-24-14-12-20(2)16-26(24)32(33(23)34)28-18-36-30-10-6-4-8-22(28)30;1-11-7-17-15(5)21-20-10-14(4)12(2)8-18(20)16(6)22(21)19(17)9-13(11)3/h3-4,7-20H,5-6H2,1-2H3;3-17,19H,18,20H2,1-2H3;3-18,27-28H,1-2H3;7-10H,1-6H3. The summed E-state index contributed by atoms with van der Waals surface area (Å²) in [6, 6.07) is 101. The van der Waals surface area contributed by atoms with Gasteiger partial charge in [-0.1, -0.05) is 312 Å². The van der Waals surface area contributed by atoms with E-state index in [2.05, 4.69) is 399 Å². The summed E-state index contributed by atoms with van der Waals surface area (Å²) in [5.41, 5.74) is 79.7. The van der Waals surface area contributed by atoms with Crippen LogP contribution in [-0.4, -0.2) is 12.4 Å². The van der Waals surface area contributed by atoms with Crippen molar-refractivity contribution in [2.45, 2.75) is 121 Å². The second-order valence-electron chi connectivity index (χ2n) is 38.6. The number of benzene rings is 14. The number of allylic oxidation sites excluding steroid dienone is 18. The molecular formula is C128H98N2. The van der Waals surface area contributed by atoms with Crippen molar-refractivity contribution >= 4 is 137 Å². The van der Waals surface area contributed by atoms with Gasteiger partial charge in [0.15, 0.2) is 0 Å². The summed E-state index contributed by atoms with van der Waals surface area (Å²) >= 11 is 0. The van der Waals surface area contributed by atoms with Crippen LogP contribution >= 0.6 is 0 Å². The summed E-state index contributed by atoms with van der Waals surface area (Å²) in [4.78, 5) is 9.67. The van der Waals surface area contributed by atoms with E-state index in [-0.39, 0.29) is 11.8 Å². The van der Waals surface area contributed by atoms with Crippen LogP contribution in [-0.2, 0) is 25.7 Å². The molecule has 2 atom stereocenters. The fourth-order valence-electron chi connectivity index (χ4n) is 24.0. The summed E-state index contributed by atoms with van der Waals surface area (Å²) in [6.07, 6.45) is 22.4. The lowest BCUT2D eigenvalue weighted by molar-refractivity contribution is 1.22. The van der Waals surface area contributed by atoms with Gasteiger partial charge in [0.05, 0.1) is 11.4 Å². The third kappa shape index (κ3) is 11.8. The topological polar surface area (TPSA) is 24.7 Å². The Bertz CT molecular complexity index is 7640. The second-order valence-corrected chi connectivity index (χ2v) is 38.6.